The van der Waals surface area contributed by atoms with Crippen LogP contribution in [0.25, 0.3) is 11.1 Å². The van der Waals surface area contributed by atoms with Crippen molar-refractivity contribution < 1.29 is 18.9 Å². The maximum Gasteiger partial charge on any atom is 0.231 e. The Morgan fingerprint density at radius 3 is 1.50 bits per heavy atom. The highest BCUT2D eigenvalue weighted by Gasteiger charge is 2.20. The Morgan fingerprint density at radius 2 is 1.08 bits per heavy atom. The van der Waals surface area contributed by atoms with Gasteiger partial charge in [0.15, 0.2) is 23.0 Å². The van der Waals surface area contributed by atoms with E-state index in [9.17, 15) is 10.5 Å². The molecule has 4 rings (SSSR count). The summed E-state index contributed by atoms with van der Waals surface area (Å²) in [6.45, 7) is 0.301. The predicted octanol–water partition coefficient (Wildman–Crippen LogP) is 3.10. The van der Waals surface area contributed by atoms with E-state index in [1.54, 1.807) is 36.4 Å². The summed E-state index contributed by atoms with van der Waals surface area (Å²) < 4.78 is 21.2. The number of hydrogen-bond acceptors (Lipinski definition) is 6. The number of hydrogen-bond donors (Lipinski definition) is 0. The number of ether oxygens (including phenoxy) is 4. The third-order valence-corrected chi connectivity index (χ3v) is 3.80. The molecule has 0 unspecified atom stereocenters. The molecular formula is C18H10N2O4. The summed E-state index contributed by atoms with van der Waals surface area (Å²) in [5.74, 6) is 2.36. The lowest BCUT2D eigenvalue weighted by molar-refractivity contribution is 0.173. The lowest BCUT2D eigenvalue weighted by Crippen LogP contribution is -1.93. The highest BCUT2D eigenvalue weighted by atomic mass is 16.7. The van der Waals surface area contributed by atoms with Gasteiger partial charge in [0, 0.05) is 0 Å². The lowest BCUT2D eigenvalue weighted by atomic mass is 9.96. The van der Waals surface area contributed by atoms with Crippen LogP contribution in [0, 0.1) is 22.7 Å². The summed E-state index contributed by atoms with van der Waals surface area (Å²) in [4.78, 5) is 0. The van der Waals surface area contributed by atoms with Crippen LogP contribution in [-0.4, -0.2) is 13.6 Å². The van der Waals surface area contributed by atoms with E-state index in [1.807, 2.05) is 0 Å². The first-order valence-electron chi connectivity index (χ1n) is 7.14. The van der Waals surface area contributed by atoms with Gasteiger partial charge >= 0.3 is 0 Å². The van der Waals surface area contributed by atoms with Crippen LogP contribution in [-0.2, 0) is 0 Å². The van der Waals surface area contributed by atoms with Crippen LogP contribution in [0.4, 0.5) is 0 Å². The summed E-state index contributed by atoms with van der Waals surface area (Å²) >= 11 is 0. The van der Waals surface area contributed by atoms with Crippen LogP contribution in [0.2, 0.25) is 0 Å². The first kappa shape index (κ1) is 14.0. The van der Waals surface area contributed by atoms with Gasteiger partial charge in [0.1, 0.15) is 12.1 Å². The minimum absolute atomic E-state index is 0.150. The number of nitrogens with zero attached hydrogens (tertiary/aromatic N) is 2. The second kappa shape index (κ2) is 5.53. The molecule has 0 aliphatic carbocycles. The molecule has 2 aromatic rings. The first-order chi connectivity index (χ1) is 11.8. The normalized spacial score (nSPS) is 14.6. The lowest BCUT2D eigenvalue weighted by Gasteiger charge is -2.06. The second-order valence-electron chi connectivity index (χ2n) is 5.11. The molecule has 0 saturated heterocycles. The molecule has 0 atom stereocenters. The third kappa shape index (κ3) is 2.18. The van der Waals surface area contributed by atoms with Crippen molar-refractivity contribution in [3.8, 4) is 35.1 Å². The number of allylic oxidation sites excluding steroid dienone is 2. The molecule has 6 heteroatoms. The summed E-state index contributed by atoms with van der Waals surface area (Å²) in [6.07, 6.45) is 0. The minimum Gasteiger partial charge on any atom is -0.454 e. The number of benzene rings is 2. The van der Waals surface area contributed by atoms with E-state index in [0.29, 0.717) is 34.1 Å². The van der Waals surface area contributed by atoms with E-state index in [1.165, 1.54) is 0 Å². The van der Waals surface area contributed by atoms with E-state index in [0.717, 1.165) is 0 Å². The quantitative estimate of drug-likeness (QED) is 0.625. The molecule has 0 spiro atoms. The van der Waals surface area contributed by atoms with Crippen LogP contribution in [0.1, 0.15) is 11.1 Å². The van der Waals surface area contributed by atoms with Gasteiger partial charge in [-0.05, 0) is 47.5 Å². The molecule has 0 fully saturated rings. The van der Waals surface area contributed by atoms with Crippen molar-refractivity contribution in [2.24, 2.45) is 0 Å². The number of nitriles is 2. The standard InChI is InChI=1S/C18H10N2O4/c19-7-13(11-1-3-15-17(5-11)23-9-21-15)14(8-20)12-2-4-16-18(6-12)24-10-22-16/h1-6H,9-10H2/b14-13+. The van der Waals surface area contributed by atoms with Crippen LogP contribution in [0.5, 0.6) is 23.0 Å². The van der Waals surface area contributed by atoms with Gasteiger partial charge in [-0.3, -0.25) is 0 Å². The summed E-state index contributed by atoms with van der Waals surface area (Å²) in [7, 11) is 0. The molecular weight excluding hydrogens is 308 g/mol. The molecule has 0 saturated carbocycles. The van der Waals surface area contributed by atoms with Gasteiger partial charge in [-0.1, -0.05) is 0 Å². The molecule has 2 heterocycles. The molecule has 116 valence electrons. The minimum atomic E-state index is 0.150. The summed E-state index contributed by atoms with van der Waals surface area (Å²) in [5.41, 5.74) is 1.70. The maximum atomic E-state index is 9.60. The van der Waals surface area contributed by atoms with E-state index in [2.05, 4.69) is 12.1 Å². The van der Waals surface area contributed by atoms with Crippen LogP contribution in [0.15, 0.2) is 36.4 Å². The van der Waals surface area contributed by atoms with Crippen molar-refractivity contribution in [1.82, 2.24) is 0 Å². The van der Waals surface area contributed by atoms with Gasteiger partial charge in [0.05, 0.1) is 11.1 Å². The Balaban J connectivity index is 1.84. The Morgan fingerprint density at radius 1 is 0.667 bits per heavy atom. The molecule has 6 nitrogen and oxygen atoms in total. The summed E-state index contributed by atoms with van der Waals surface area (Å²) in [6, 6.07) is 14.5. The molecule has 2 aromatic carbocycles. The maximum absolute atomic E-state index is 9.60. The Bertz CT molecular complexity index is 873. The fourth-order valence-electron chi connectivity index (χ4n) is 2.63. The van der Waals surface area contributed by atoms with Crippen molar-refractivity contribution in [2.75, 3.05) is 13.6 Å². The topological polar surface area (TPSA) is 84.5 Å². The highest BCUT2D eigenvalue weighted by molar-refractivity contribution is 6.03. The van der Waals surface area contributed by atoms with Crippen LogP contribution < -0.4 is 18.9 Å². The smallest absolute Gasteiger partial charge is 0.231 e. The molecule has 2 aliphatic rings. The zero-order chi connectivity index (χ0) is 16.5. The average Bonchev–Trinajstić information content (AvgIpc) is 3.26. The molecule has 0 amide bonds. The molecule has 2 aliphatic heterocycles. The van der Waals surface area contributed by atoms with Crippen LogP contribution >= 0.6 is 0 Å². The van der Waals surface area contributed by atoms with Crippen molar-refractivity contribution >= 4 is 11.1 Å². The highest BCUT2D eigenvalue weighted by Crippen LogP contribution is 2.38. The fourth-order valence-corrected chi connectivity index (χ4v) is 2.63. The molecule has 0 radical (unpaired) electrons. The van der Waals surface area contributed by atoms with E-state index in [4.69, 9.17) is 18.9 Å². The predicted molar refractivity (Wildman–Crippen MR) is 83.2 cm³/mol. The van der Waals surface area contributed by atoms with E-state index < -0.39 is 0 Å². The van der Waals surface area contributed by atoms with Crippen LogP contribution in [0.3, 0.4) is 0 Å². The van der Waals surface area contributed by atoms with Gasteiger partial charge in [0.25, 0.3) is 0 Å². The van der Waals surface area contributed by atoms with Gasteiger partial charge in [0.2, 0.25) is 13.6 Å². The SMILES string of the molecule is N#C/C(=C(/C#N)c1ccc2c(c1)OCO2)c1ccc2c(c1)OCO2. The first-order valence-corrected chi connectivity index (χ1v) is 7.14. The Hall–Kier alpha value is -3.64. The number of rotatable bonds is 2. The van der Waals surface area contributed by atoms with E-state index >= 15 is 0 Å². The van der Waals surface area contributed by atoms with Gasteiger partial charge in [-0.2, -0.15) is 10.5 Å². The van der Waals surface area contributed by atoms with Gasteiger partial charge < -0.3 is 18.9 Å². The monoisotopic (exact) mass is 318 g/mol. The zero-order valence-electron chi connectivity index (χ0n) is 12.4. The van der Waals surface area contributed by atoms with Gasteiger partial charge in [-0.15, -0.1) is 0 Å². The average molecular weight is 318 g/mol. The molecule has 0 N–H and O–H groups in total. The zero-order valence-corrected chi connectivity index (χ0v) is 12.4. The molecule has 24 heavy (non-hydrogen) atoms. The van der Waals surface area contributed by atoms with Crippen molar-refractivity contribution in [3.63, 3.8) is 0 Å². The van der Waals surface area contributed by atoms with E-state index in [-0.39, 0.29) is 24.7 Å². The largest absolute Gasteiger partial charge is 0.454 e. The van der Waals surface area contributed by atoms with Crippen molar-refractivity contribution in [3.05, 3.63) is 47.5 Å². The summed E-state index contributed by atoms with van der Waals surface area (Å²) in [5, 5.41) is 19.2. The Kier molecular flexibility index (Phi) is 3.22. The van der Waals surface area contributed by atoms with Crippen molar-refractivity contribution in [2.45, 2.75) is 0 Å². The Labute approximate surface area is 137 Å². The van der Waals surface area contributed by atoms with Crippen molar-refractivity contribution in [1.29, 1.82) is 10.5 Å². The molecule has 0 bridgehead atoms. The molecule has 0 aromatic heterocycles. The third-order valence-electron chi connectivity index (χ3n) is 3.80. The van der Waals surface area contributed by atoms with Gasteiger partial charge in [-0.25, -0.2) is 0 Å². The fraction of sp³-hybridized carbons (Fsp3) is 0.111. The number of fused-ring (bicyclic) bond motifs is 2. The second-order valence-corrected chi connectivity index (χ2v) is 5.11.